The van der Waals surface area contributed by atoms with E-state index in [1.807, 2.05) is 42.6 Å². The number of pyridine rings is 1. The second-order valence-corrected chi connectivity index (χ2v) is 7.67. The average Bonchev–Trinajstić information content (AvgIpc) is 2.79. The molecule has 1 fully saturated rings. The average molecular weight is 414 g/mol. The number of benzene rings is 1. The molecule has 162 valence electrons. The van der Waals surface area contributed by atoms with Gasteiger partial charge in [0.1, 0.15) is 18.5 Å². The van der Waals surface area contributed by atoms with E-state index >= 15 is 0 Å². The molecule has 7 heteroatoms. The van der Waals surface area contributed by atoms with Crippen molar-refractivity contribution in [1.29, 1.82) is 0 Å². The standard InChI is InChI=1S/C23H31N3O4/c1-29-23(28)20-8-11-26(12-9-20)16-21(27)17-30-22-6-4-18(5-7-22)13-25-15-19-3-2-10-24-14-19/h2-7,10,14,20-21,25,27H,8-9,11-13,15-17H2,1H3/t21-/m0/s1. The van der Waals surface area contributed by atoms with Crippen LogP contribution >= 0.6 is 0 Å². The third kappa shape index (κ3) is 7.09. The van der Waals surface area contributed by atoms with Gasteiger partial charge in [-0.2, -0.15) is 0 Å². The number of nitrogens with one attached hydrogen (secondary N) is 1. The van der Waals surface area contributed by atoms with E-state index in [0.717, 1.165) is 50.3 Å². The maximum Gasteiger partial charge on any atom is 0.308 e. The van der Waals surface area contributed by atoms with Gasteiger partial charge >= 0.3 is 5.97 Å². The molecule has 0 spiro atoms. The fourth-order valence-corrected chi connectivity index (χ4v) is 3.62. The molecule has 2 heterocycles. The van der Waals surface area contributed by atoms with Crippen LogP contribution in [0.1, 0.15) is 24.0 Å². The molecule has 0 unspecified atom stereocenters. The monoisotopic (exact) mass is 413 g/mol. The smallest absolute Gasteiger partial charge is 0.308 e. The number of hydrogen-bond acceptors (Lipinski definition) is 7. The van der Waals surface area contributed by atoms with Crippen molar-refractivity contribution in [3.8, 4) is 5.75 Å². The van der Waals surface area contributed by atoms with Crippen LogP contribution in [0.2, 0.25) is 0 Å². The Morgan fingerprint density at radius 1 is 1.20 bits per heavy atom. The Balaban J connectivity index is 1.33. The van der Waals surface area contributed by atoms with Crippen molar-refractivity contribution in [3.63, 3.8) is 0 Å². The van der Waals surface area contributed by atoms with Crippen LogP contribution in [0.4, 0.5) is 0 Å². The van der Waals surface area contributed by atoms with Gasteiger partial charge in [-0.15, -0.1) is 0 Å². The van der Waals surface area contributed by atoms with Crippen LogP contribution in [0.3, 0.4) is 0 Å². The summed E-state index contributed by atoms with van der Waals surface area (Å²) in [5.74, 6) is 0.598. The highest BCUT2D eigenvalue weighted by Crippen LogP contribution is 2.19. The first-order valence-corrected chi connectivity index (χ1v) is 10.4. The summed E-state index contributed by atoms with van der Waals surface area (Å²) in [5.41, 5.74) is 2.32. The van der Waals surface area contributed by atoms with E-state index in [1.54, 1.807) is 6.20 Å². The van der Waals surface area contributed by atoms with Gasteiger partial charge in [-0.1, -0.05) is 18.2 Å². The molecule has 1 aromatic carbocycles. The van der Waals surface area contributed by atoms with Crippen LogP contribution < -0.4 is 10.1 Å². The quantitative estimate of drug-likeness (QED) is 0.577. The molecule has 1 atom stereocenters. The minimum absolute atomic E-state index is 0.0167. The number of aromatic nitrogens is 1. The summed E-state index contributed by atoms with van der Waals surface area (Å²) in [4.78, 5) is 17.9. The highest BCUT2D eigenvalue weighted by Gasteiger charge is 2.26. The Hall–Kier alpha value is -2.48. The zero-order valence-corrected chi connectivity index (χ0v) is 17.5. The molecular weight excluding hydrogens is 382 g/mol. The van der Waals surface area contributed by atoms with Crippen LogP contribution in [0.15, 0.2) is 48.8 Å². The lowest BCUT2D eigenvalue weighted by atomic mass is 9.97. The van der Waals surface area contributed by atoms with E-state index in [4.69, 9.17) is 9.47 Å². The molecule has 1 aliphatic heterocycles. The number of esters is 1. The van der Waals surface area contributed by atoms with Gasteiger partial charge in [-0.25, -0.2) is 0 Å². The highest BCUT2D eigenvalue weighted by atomic mass is 16.5. The number of aliphatic hydroxyl groups excluding tert-OH is 1. The molecule has 2 N–H and O–H groups in total. The normalized spacial score (nSPS) is 16.2. The first-order valence-electron chi connectivity index (χ1n) is 10.4. The Bertz CT molecular complexity index is 762. The van der Waals surface area contributed by atoms with Crippen LogP contribution in [0, 0.1) is 5.92 Å². The molecule has 1 aromatic heterocycles. The largest absolute Gasteiger partial charge is 0.491 e. The maximum atomic E-state index is 11.6. The van der Waals surface area contributed by atoms with E-state index < -0.39 is 6.10 Å². The van der Waals surface area contributed by atoms with Gasteiger partial charge in [0, 0.05) is 32.0 Å². The number of carbonyl (C=O) groups excluding carboxylic acids is 1. The molecule has 1 aliphatic rings. The summed E-state index contributed by atoms with van der Waals surface area (Å²) < 4.78 is 10.5. The molecule has 1 saturated heterocycles. The molecule has 3 rings (SSSR count). The second kappa shape index (κ2) is 11.6. The third-order valence-electron chi connectivity index (χ3n) is 5.34. The number of rotatable bonds is 10. The third-order valence-corrected chi connectivity index (χ3v) is 5.34. The summed E-state index contributed by atoms with van der Waals surface area (Å²) in [6.07, 6.45) is 4.61. The predicted molar refractivity (Wildman–Crippen MR) is 114 cm³/mol. The van der Waals surface area contributed by atoms with E-state index in [-0.39, 0.29) is 18.5 Å². The molecule has 0 aliphatic carbocycles. The van der Waals surface area contributed by atoms with Crippen LogP contribution in [0.25, 0.3) is 0 Å². The van der Waals surface area contributed by atoms with E-state index in [9.17, 15) is 9.90 Å². The molecule has 2 aromatic rings. The van der Waals surface area contributed by atoms with E-state index in [2.05, 4.69) is 15.2 Å². The van der Waals surface area contributed by atoms with Crippen molar-refractivity contribution >= 4 is 5.97 Å². The van der Waals surface area contributed by atoms with Crippen LogP contribution in [-0.2, 0) is 22.6 Å². The highest BCUT2D eigenvalue weighted by molar-refractivity contribution is 5.72. The lowest BCUT2D eigenvalue weighted by Gasteiger charge is -2.31. The van der Waals surface area contributed by atoms with Crippen LogP contribution in [-0.4, -0.2) is 60.4 Å². The molecule has 0 amide bonds. The van der Waals surface area contributed by atoms with Gasteiger partial charge < -0.3 is 24.8 Å². The van der Waals surface area contributed by atoms with Crippen molar-refractivity contribution in [2.75, 3.05) is 33.4 Å². The Morgan fingerprint density at radius 2 is 1.93 bits per heavy atom. The number of hydrogen-bond donors (Lipinski definition) is 2. The Labute approximate surface area is 178 Å². The zero-order chi connectivity index (χ0) is 21.2. The molecule has 7 nitrogen and oxygen atoms in total. The topological polar surface area (TPSA) is 83.9 Å². The molecule has 0 saturated carbocycles. The van der Waals surface area contributed by atoms with Gasteiger partial charge in [0.2, 0.25) is 0 Å². The molecule has 30 heavy (non-hydrogen) atoms. The Kier molecular flexibility index (Phi) is 8.62. The second-order valence-electron chi connectivity index (χ2n) is 7.67. The number of nitrogens with zero attached hydrogens (tertiary/aromatic N) is 2. The minimum Gasteiger partial charge on any atom is -0.491 e. The lowest BCUT2D eigenvalue weighted by Crippen LogP contribution is -2.42. The molecular formula is C23H31N3O4. The fraction of sp³-hybridized carbons (Fsp3) is 0.478. The number of ether oxygens (including phenoxy) is 2. The van der Waals surface area contributed by atoms with Crippen molar-refractivity contribution in [1.82, 2.24) is 15.2 Å². The SMILES string of the molecule is COC(=O)C1CCN(C[C@H](O)COc2ccc(CNCc3cccnc3)cc2)CC1. The maximum absolute atomic E-state index is 11.6. The number of carbonyl (C=O) groups is 1. The predicted octanol–water partition coefficient (Wildman–Crippen LogP) is 2.00. The summed E-state index contributed by atoms with van der Waals surface area (Å²) in [6, 6.07) is 11.9. The minimum atomic E-state index is -0.569. The number of piperidine rings is 1. The number of methoxy groups -OCH3 is 1. The molecule has 0 bridgehead atoms. The summed E-state index contributed by atoms with van der Waals surface area (Å²) in [5, 5.41) is 13.7. The summed E-state index contributed by atoms with van der Waals surface area (Å²) in [6.45, 7) is 3.91. The van der Waals surface area contributed by atoms with Crippen molar-refractivity contribution < 1.29 is 19.4 Å². The van der Waals surface area contributed by atoms with Crippen molar-refractivity contribution in [2.24, 2.45) is 5.92 Å². The van der Waals surface area contributed by atoms with Crippen LogP contribution in [0.5, 0.6) is 5.75 Å². The first-order chi connectivity index (χ1) is 14.6. The number of β-amino-alcohol motifs (C(OH)–C–C–N with tert-alkyl or cyclic N) is 1. The van der Waals surface area contributed by atoms with Crippen molar-refractivity contribution in [2.45, 2.75) is 32.0 Å². The molecule has 0 radical (unpaired) electrons. The first kappa shape index (κ1) is 22.2. The van der Waals surface area contributed by atoms with Gasteiger partial charge in [0.15, 0.2) is 0 Å². The zero-order valence-electron chi connectivity index (χ0n) is 17.5. The lowest BCUT2D eigenvalue weighted by molar-refractivity contribution is -0.147. The van der Waals surface area contributed by atoms with E-state index in [1.165, 1.54) is 12.7 Å². The van der Waals surface area contributed by atoms with Gasteiger partial charge in [-0.3, -0.25) is 9.78 Å². The fourth-order valence-electron chi connectivity index (χ4n) is 3.62. The van der Waals surface area contributed by atoms with Crippen molar-refractivity contribution in [3.05, 3.63) is 59.9 Å². The van der Waals surface area contributed by atoms with Gasteiger partial charge in [-0.05, 0) is 55.3 Å². The Morgan fingerprint density at radius 3 is 2.60 bits per heavy atom. The van der Waals surface area contributed by atoms with Gasteiger partial charge in [0.05, 0.1) is 13.0 Å². The van der Waals surface area contributed by atoms with E-state index in [0.29, 0.717) is 6.54 Å². The summed E-state index contributed by atoms with van der Waals surface area (Å²) >= 11 is 0. The summed E-state index contributed by atoms with van der Waals surface area (Å²) in [7, 11) is 1.43. The number of aliphatic hydroxyl groups is 1. The van der Waals surface area contributed by atoms with Gasteiger partial charge in [0.25, 0.3) is 0 Å². The number of likely N-dealkylation sites (tertiary alicyclic amines) is 1.